The number of ether oxygens (including phenoxy) is 2. The number of carbonyl (C=O) groups is 1. The van der Waals surface area contributed by atoms with Gasteiger partial charge in [-0.25, -0.2) is 0 Å². The van der Waals surface area contributed by atoms with E-state index < -0.39 is 0 Å². The van der Waals surface area contributed by atoms with Crippen molar-refractivity contribution in [3.63, 3.8) is 0 Å². The minimum Gasteiger partial charge on any atom is -0.486 e. The Kier molecular flexibility index (Phi) is 5.49. The quantitative estimate of drug-likeness (QED) is 0.871. The lowest BCUT2D eigenvalue weighted by Crippen LogP contribution is -2.33. The highest BCUT2D eigenvalue weighted by molar-refractivity contribution is 6.30. The molecule has 5 heteroatoms. The van der Waals surface area contributed by atoms with Crippen LogP contribution in [-0.2, 0) is 11.2 Å². The van der Waals surface area contributed by atoms with Crippen LogP contribution in [0.1, 0.15) is 31.0 Å². The molecular formula is C20H22ClNO3. The molecule has 3 rings (SSSR count). The lowest BCUT2D eigenvalue weighted by atomic mass is 9.95. The third kappa shape index (κ3) is 4.45. The van der Waals surface area contributed by atoms with Crippen LogP contribution < -0.4 is 14.8 Å². The molecule has 0 spiro atoms. The van der Waals surface area contributed by atoms with Crippen molar-refractivity contribution in [1.82, 2.24) is 5.32 Å². The topological polar surface area (TPSA) is 47.6 Å². The van der Waals surface area contributed by atoms with Crippen LogP contribution in [0.4, 0.5) is 0 Å². The van der Waals surface area contributed by atoms with Crippen molar-refractivity contribution in [2.75, 3.05) is 13.2 Å². The number of fused-ring (bicyclic) bond motifs is 1. The van der Waals surface area contributed by atoms with E-state index in [9.17, 15) is 4.79 Å². The van der Waals surface area contributed by atoms with E-state index in [1.807, 2.05) is 30.3 Å². The first-order valence-electron chi connectivity index (χ1n) is 8.46. The third-order valence-electron chi connectivity index (χ3n) is 4.19. The SMILES string of the molecule is CC(C)C(NC(=O)Cc1ccc(Cl)cc1)c1ccc2c(c1)OCCO2. The Morgan fingerprint density at radius 2 is 1.76 bits per heavy atom. The molecule has 1 heterocycles. The minimum atomic E-state index is -0.0874. The van der Waals surface area contributed by atoms with Crippen molar-refractivity contribution in [3.8, 4) is 11.5 Å². The van der Waals surface area contributed by atoms with E-state index in [4.69, 9.17) is 21.1 Å². The minimum absolute atomic E-state index is 0.0177. The van der Waals surface area contributed by atoms with Gasteiger partial charge >= 0.3 is 0 Å². The van der Waals surface area contributed by atoms with Crippen LogP contribution in [-0.4, -0.2) is 19.1 Å². The molecule has 2 aromatic carbocycles. The Bertz CT molecular complexity index is 743. The Morgan fingerprint density at radius 1 is 1.08 bits per heavy atom. The number of amides is 1. The maximum Gasteiger partial charge on any atom is 0.224 e. The van der Waals surface area contributed by atoms with E-state index in [1.165, 1.54) is 0 Å². The number of hydrogen-bond donors (Lipinski definition) is 1. The summed E-state index contributed by atoms with van der Waals surface area (Å²) in [5, 5.41) is 3.80. The van der Waals surface area contributed by atoms with Gasteiger partial charge in [0, 0.05) is 5.02 Å². The molecule has 1 unspecified atom stereocenters. The van der Waals surface area contributed by atoms with Crippen LogP contribution in [0.15, 0.2) is 42.5 Å². The number of rotatable bonds is 5. The van der Waals surface area contributed by atoms with Crippen LogP contribution in [0.2, 0.25) is 5.02 Å². The molecule has 0 saturated heterocycles. The summed E-state index contributed by atoms with van der Waals surface area (Å²) in [4.78, 5) is 12.5. The highest BCUT2D eigenvalue weighted by Gasteiger charge is 2.21. The van der Waals surface area contributed by atoms with Gasteiger partial charge in [-0.2, -0.15) is 0 Å². The van der Waals surface area contributed by atoms with Gasteiger partial charge in [-0.05, 0) is 41.3 Å². The fraction of sp³-hybridized carbons (Fsp3) is 0.350. The van der Waals surface area contributed by atoms with Gasteiger partial charge in [0.05, 0.1) is 12.5 Å². The van der Waals surface area contributed by atoms with E-state index in [0.717, 1.165) is 22.6 Å². The average Bonchev–Trinajstić information content (AvgIpc) is 2.61. The zero-order chi connectivity index (χ0) is 17.8. The molecule has 0 saturated carbocycles. The second kappa shape index (κ2) is 7.79. The maximum atomic E-state index is 12.5. The Balaban J connectivity index is 1.72. The summed E-state index contributed by atoms with van der Waals surface area (Å²) in [5.74, 6) is 1.72. The fourth-order valence-electron chi connectivity index (χ4n) is 2.90. The Morgan fingerprint density at radius 3 is 2.44 bits per heavy atom. The van der Waals surface area contributed by atoms with Crippen molar-refractivity contribution in [2.45, 2.75) is 26.3 Å². The molecule has 1 N–H and O–H groups in total. The van der Waals surface area contributed by atoms with Crippen molar-refractivity contribution < 1.29 is 14.3 Å². The number of hydrogen-bond acceptors (Lipinski definition) is 3. The largest absolute Gasteiger partial charge is 0.486 e. The fourth-order valence-corrected chi connectivity index (χ4v) is 3.03. The van der Waals surface area contributed by atoms with E-state index in [2.05, 4.69) is 19.2 Å². The Labute approximate surface area is 153 Å². The summed E-state index contributed by atoms with van der Waals surface area (Å²) in [6, 6.07) is 13.1. The molecule has 2 aromatic rings. The van der Waals surface area contributed by atoms with Gasteiger partial charge in [-0.15, -0.1) is 0 Å². The highest BCUT2D eigenvalue weighted by Crippen LogP contribution is 2.34. The number of benzene rings is 2. The van der Waals surface area contributed by atoms with Gasteiger partial charge in [-0.3, -0.25) is 4.79 Å². The first-order chi connectivity index (χ1) is 12.0. The predicted octanol–water partition coefficient (Wildman–Crippen LogP) is 4.17. The standard InChI is InChI=1S/C20H22ClNO3/c1-13(2)20(15-5-8-17-18(12-15)25-10-9-24-17)22-19(23)11-14-3-6-16(21)7-4-14/h3-8,12-13,20H,9-11H2,1-2H3,(H,22,23). The van der Waals surface area contributed by atoms with Gasteiger partial charge in [0.1, 0.15) is 13.2 Å². The maximum absolute atomic E-state index is 12.5. The monoisotopic (exact) mass is 359 g/mol. The van der Waals surface area contributed by atoms with E-state index in [1.54, 1.807) is 12.1 Å². The second-order valence-electron chi connectivity index (χ2n) is 6.50. The smallest absolute Gasteiger partial charge is 0.224 e. The van der Waals surface area contributed by atoms with Crippen LogP contribution >= 0.6 is 11.6 Å². The molecule has 1 aliphatic heterocycles. The molecule has 132 valence electrons. The average molecular weight is 360 g/mol. The van der Waals surface area contributed by atoms with Gasteiger partial charge in [-0.1, -0.05) is 43.6 Å². The van der Waals surface area contributed by atoms with Crippen molar-refractivity contribution in [3.05, 3.63) is 58.6 Å². The number of halogens is 1. The lowest BCUT2D eigenvalue weighted by molar-refractivity contribution is -0.121. The summed E-state index contributed by atoms with van der Waals surface area (Å²) in [5.41, 5.74) is 1.95. The second-order valence-corrected chi connectivity index (χ2v) is 6.93. The van der Waals surface area contributed by atoms with Crippen molar-refractivity contribution in [2.24, 2.45) is 5.92 Å². The van der Waals surface area contributed by atoms with E-state index in [-0.39, 0.29) is 17.9 Å². The zero-order valence-corrected chi connectivity index (χ0v) is 15.2. The van der Waals surface area contributed by atoms with Gasteiger partial charge in [0.25, 0.3) is 0 Å². The third-order valence-corrected chi connectivity index (χ3v) is 4.44. The van der Waals surface area contributed by atoms with Crippen LogP contribution in [0.3, 0.4) is 0 Å². The molecule has 1 aliphatic rings. The number of nitrogens with one attached hydrogen (secondary N) is 1. The van der Waals surface area contributed by atoms with Gasteiger partial charge in [0.2, 0.25) is 5.91 Å². The molecule has 25 heavy (non-hydrogen) atoms. The molecular weight excluding hydrogens is 338 g/mol. The van der Waals surface area contributed by atoms with Crippen molar-refractivity contribution in [1.29, 1.82) is 0 Å². The van der Waals surface area contributed by atoms with E-state index >= 15 is 0 Å². The normalized spacial score (nSPS) is 14.2. The molecule has 0 radical (unpaired) electrons. The zero-order valence-electron chi connectivity index (χ0n) is 14.4. The summed E-state index contributed by atoms with van der Waals surface area (Å²) in [7, 11) is 0. The summed E-state index contributed by atoms with van der Waals surface area (Å²) in [6.45, 7) is 5.29. The number of carbonyl (C=O) groups excluding carboxylic acids is 1. The van der Waals surface area contributed by atoms with Crippen LogP contribution in [0.25, 0.3) is 0 Å². The molecule has 0 aliphatic carbocycles. The van der Waals surface area contributed by atoms with Gasteiger partial charge < -0.3 is 14.8 Å². The molecule has 4 nitrogen and oxygen atoms in total. The Hall–Kier alpha value is -2.20. The summed E-state index contributed by atoms with van der Waals surface area (Å²) in [6.07, 6.45) is 0.324. The molecule has 0 aromatic heterocycles. The van der Waals surface area contributed by atoms with Crippen molar-refractivity contribution >= 4 is 17.5 Å². The molecule has 0 bridgehead atoms. The predicted molar refractivity (Wildman–Crippen MR) is 98.3 cm³/mol. The first kappa shape index (κ1) is 17.6. The summed E-state index contributed by atoms with van der Waals surface area (Å²) < 4.78 is 11.2. The summed E-state index contributed by atoms with van der Waals surface area (Å²) >= 11 is 5.89. The van der Waals surface area contributed by atoms with E-state index in [0.29, 0.717) is 24.7 Å². The molecule has 1 amide bonds. The molecule has 0 fully saturated rings. The van der Waals surface area contributed by atoms with Crippen LogP contribution in [0, 0.1) is 5.92 Å². The van der Waals surface area contributed by atoms with Crippen LogP contribution in [0.5, 0.6) is 11.5 Å². The molecule has 1 atom stereocenters. The first-order valence-corrected chi connectivity index (χ1v) is 8.84. The van der Waals surface area contributed by atoms with Gasteiger partial charge in [0.15, 0.2) is 11.5 Å². The highest BCUT2D eigenvalue weighted by atomic mass is 35.5. The lowest BCUT2D eigenvalue weighted by Gasteiger charge is -2.25.